The zero-order valence-electron chi connectivity index (χ0n) is 18.5. The van der Waals surface area contributed by atoms with Gasteiger partial charge in [-0.1, -0.05) is 42.5 Å². The highest BCUT2D eigenvalue weighted by Crippen LogP contribution is 2.16. The second-order valence-electron chi connectivity index (χ2n) is 7.76. The minimum Gasteiger partial charge on any atom is -0.489 e. The van der Waals surface area contributed by atoms with Crippen molar-refractivity contribution in [3.05, 3.63) is 65.7 Å². The summed E-state index contributed by atoms with van der Waals surface area (Å²) in [5.74, 6) is 2.32. The van der Waals surface area contributed by atoms with Crippen LogP contribution in [0.1, 0.15) is 30.4 Å². The molecule has 0 radical (unpaired) electrons. The summed E-state index contributed by atoms with van der Waals surface area (Å²) in [4.78, 5) is 4.30. The molecule has 0 spiro atoms. The van der Waals surface area contributed by atoms with E-state index in [1.54, 1.807) is 7.05 Å². The summed E-state index contributed by atoms with van der Waals surface area (Å²) in [5.41, 5.74) is 2.31. The van der Waals surface area contributed by atoms with Gasteiger partial charge in [0.05, 0.1) is 0 Å². The summed E-state index contributed by atoms with van der Waals surface area (Å²) < 4.78 is 17.1. The van der Waals surface area contributed by atoms with Crippen molar-refractivity contribution in [2.24, 2.45) is 10.9 Å². The van der Waals surface area contributed by atoms with Gasteiger partial charge in [0.1, 0.15) is 12.4 Å². The van der Waals surface area contributed by atoms with Crippen molar-refractivity contribution in [2.45, 2.75) is 32.4 Å². The summed E-state index contributed by atoms with van der Waals surface area (Å²) >= 11 is 0. The van der Waals surface area contributed by atoms with E-state index in [0.717, 1.165) is 75.1 Å². The van der Waals surface area contributed by atoms with Crippen molar-refractivity contribution >= 4 is 5.96 Å². The Morgan fingerprint density at radius 3 is 2.65 bits per heavy atom. The van der Waals surface area contributed by atoms with Crippen molar-refractivity contribution in [3.8, 4) is 5.75 Å². The van der Waals surface area contributed by atoms with E-state index in [4.69, 9.17) is 14.2 Å². The number of benzene rings is 2. The lowest BCUT2D eigenvalue weighted by Crippen LogP contribution is -2.37. The van der Waals surface area contributed by atoms with Crippen LogP contribution in [0.25, 0.3) is 0 Å². The monoisotopic (exact) mass is 425 g/mol. The first kappa shape index (κ1) is 23.1. The summed E-state index contributed by atoms with van der Waals surface area (Å²) in [6.45, 7) is 5.44. The molecule has 1 heterocycles. The lowest BCUT2D eigenvalue weighted by atomic mass is 10.0. The molecule has 1 fully saturated rings. The number of rotatable bonds is 11. The Bertz CT molecular complexity index is 777. The van der Waals surface area contributed by atoms with Crippen molar-refractivity contribution < 1.29 is 14.2 Å². The smallest absolute Gasteiger partial charge is 0.191 e. The van der Waals surface area contributed by atoms with E-state index in [2.05, 4.69) is 39.9 Å². The normalized spacial score (nSPS) is 14.9. The first-order valence-corrected chi connectivity index (χ1v) is 11.2. The molecule has 0 amide bonds. The molecule has 0 aromatic heterocycles. The fourth-order valence-electron chi connectivity index (χ4n) is 3.44. The fraction of sp³-hybridized carbons (Fsp3) is 0.480. The Balaban J connectivity index is 1.30. The van der Waals surface area contributed by atoms with Crippen molar-refractivity contribution in [1.82, 2.24) is 10.6 Å². The number of aliphatic imine (C=N–C) groups is 1. The van der Waals surface area contributed by atoms with Crippen LogP contribution in [0.3, 0.4) is 0 Å². The Morgan fingerprint density at radius 2 is 1.84 bits per heavy atom. The molecule has 0 bridgehead atoms. The van der Waals surface area contributed by atoms with Crippen LogP contribution in [0, 0.1) is 5.92 Å². The van der Waals surface area contributed by atoms with E-state index >= 15 is 0 Å². The minimum absolute atomic E-state index is 0.567. The summed E-state index contributed by atoms with van der Waals surface area (Å²) in [7, 11) is 1.79. The molecular weight excluding hydrogens is 390 g/mol. The third-order valence-corrected chi connectivity index (χ3v) is 5.28. The second-order valence-corrected chi connectivity index (χ2v) is 7.76. The summed E-state index contributed by atoms with van der Waals surface area (Å²) in [5, 5.41) is 6.70. The molecular formula is C25H35N3O3. The highest BCUT2D eigenvalue weighted by molar-refractivity contribution is 5.79. The van der Waals surface area contributed by atoms with Gasteiger partial charge in [0.25, 0.3) is 0 Å². The van der Waals surface area contributed by atoms with Gasteiger partial charge in [-0.05, 0) is 48.4 Å². The molecule has 2 N–H and O–H groups in total. The maximum Gasteiger partial charge on any atom is 0.191 e. The Hall–Kier alpha value is -2.57. The molecule has 3 rings (SSSR count). The number of nitrogens with zero attached hydrogens (tertiary/aromatic N) is 1. The molecule has 0 unspecified atom stereocenters. The molecule has 1 aliphatic rings. The SMILES string of the molecule is CN=C(NCCCOCC1CCOCC1)NCc1cccc(OCc2ccccc2)c1. The van der Waals surface area contributed by atoms with Crippen molar-refractivity contribution in [3.63, 3.8) is 0 Å². The fourth-order valence-corrected chi connectivity index (χ4v) is 3.44. The van der Waals surface area contributed by atoms with E-state index in [9.17, 15) is 0 Å². The number of guanidine groups is 1. The van der Waals surface area contributed by atoms with Crippen LogP contribution < -0.4 is 15.4 Å². The molecule has 2 aromatic rings. The molecule has 0 saturated carbocycles. The van der Waals surface area contributed by atoms with Crippen LogP contribution in [0.2, 0.25) is 0 Å². The zero-order valence-corrected chi connectivity index (χ0v) is 18.5. The first-order valence-electron chi connectivity index (χ1n) is 11.2. The average Bonchev–Trinajstić information content (AvgIpc) is 2.83. The average molecular weight is 426 g/mol. The third-order valence-electron chi connectivity index (χ3n) is 5.28. The van der Waals surface area contributed by atoms with Crippen LogP contribution in [-0.2, 0) is 22.6 Å². The molecule has 2 aromatic carbocycles. The maximum atomic E-state index is 5.92. The predicted octanol–water partition coefficient (Wildman–Crippen LogP) is 3.76. The van der Waals surface area contributed by atoms with Gasteiger partial charge in [0, 0.05) is 46.6 Å². The molecule has 0 aliphatic carbocycles. The Labute approximate surface area is 186 Å². The number of hydrogen-bond donors (Lipinski definition) is 2. The molecule has 31 heavy (non-hydrogen) atoms. The van der Waals surface area contributed by atoms with E-state index in [1.165, 1.54) is 0 Å². The topological polar surface area (TPSA) is 64.1 Å². The first-order chi connectivity index (χ1) is 15.3. The Kier molecular flexibility index (Phi) is 10.2. The van der Waals surface area contributed by atoms with E-state index < -0.39 is 0 Å². The minimum atomic E-state index is 0.567. The van der Waals surface area contributed by atoms with Gasteiger partial charge < -0.3 is 24.8 Å². The van der Waals surface area contributed by atoms with Gasteiger partial charge in [0.2, 0.25) is 0 Å². The zero-order chi connectivity index (χ0) is 21.6. The van der Waals surface area contributed by atoms with Gasteiger partial charge in [-0.25, -0.2) is 0 Å². The van der Waals surface area contributed by atoms with Crippen LogP contribution >= 0.6 is 0 Å². The highest BCUT2D eigenvalue weighted by Gasteiger charge is 2.13. The molecule has 1 aliphatic heterocycles. The Morgan fingerprint density at radius 1 is 1.03 bits per heavy atom. The molecule has 0 atom stereocenters. The van der Waals surface area contributed by atoms with E-state index in [-0.39, 0.29) is 0 Å². The lowest BCUT2D eigenvalue weighted by molar-refractivity contribution is 0.0203. The molecule has 6 heteroatoms. The van der Waals surface area contributed by atoms with E-state index in [0.29, 0.717) is 19.1 Å². The standard InChI is InChI=1S/C25H35N3O3/c1-26-25(27-13-6-14-30-19-22-11-15-29-16-12-22)28-18-23-9-5-10-24(17-23)31-20-21-7-3-2-4-8-21/h2-5,7-10,17,22H,6,11-16,18-20H2,1H3,(H2,26,27,28). The van der Waals surface area contributed by atoms with Crippen LogP contribution in [0.4, 0.5) is 0 Å². The van der Waals surface area contributed by atoms with Gasteiger partial charge in [0.15, 0.2) is 5.96 Å². The highest BCUT2D eigenvalue weighted by atomic mass is 16.5. The molecule has 6 nitrogen and oxygen atoms in total. The van der Waals surface area contributed by atoms with Crippen molar-refractivity contribution in [1.29, 1.82) is 0 Å². The third kappa shape index (κ3) is 8.99. The maximum absolute atomic E-state index is 5.92. The van der Waals surface area contributed by atoms with E-state index in [1.807, 2.05) is 30.3 Å². The number of hydrogen-bond acceptors (Lipinski definition) is 4. The largest absolute Gasteiger partial charge is 0.489 e. The quantitative estimate of drug-likeness (QED) is 0.326. The molecule has 1 saturated heterocycles. The van der Waals surface area contributed by atoms with Gasteiger partial charge in [-0.15, -0.1) is 0 Å². The summed E-state index contributed by atoms with van der Waals surface area (Å²) in [6, 6.07) is 18.3. The van der Waals surface area contributed by atoms with Crippen LogP contribution in [0.5, 0.6) is 5.75 Å². The van der Waals surface area contributed by atoms with Gasteiger partial charge in [-0.3, -0.25) is 4.99 Å². The second kappa shape index (κ2) is 13.7. The lowest BCUT2D eigenvalue weighted by Gasteiger charge is -2.21. The number of ether oxygens (including phenoxy) is 3. The van der Waals surface area contributed by atoms with Gasteiger partial charge >= 0.3 is 0 Å². The molecule has 168 valence electrons. The van der Waals surface area contributed by atoms with Crippen LogP contribution in [-0.4, -0.2) is 46.0 Å². The number of nitrogens with one attached hydrogen (secondary N) is 2. The summed E-state index contributed by atoms with van der Waals surface area (Å²) in [6.07, 6.45) is 3.19. The van der Waals surface area contributed by atoms with Gasteiger partial charge in [-0.2, -0.15) is 0 Å². The van der Waals surface area contributed by atoms with Crippen molar-refractivity contribution in [2.75, 3.05) is 40.0 Å². The predicted molar refractivity (Wildman–Crippen MR) is 124 cm³/mol. The van der Waals surface area contributed by atoms with Crippen LogP contribution in [0.15, 0.2) is 59.6 Å².